The van der Waals surface area contributed by atoms with E-state index in [-0.39, 0.29) is 6.04 Å². The molecule has 0 saturated carbocycles. The lowest BCUT2D eigenvalue weighted by Gasteiger charge is -2.13. The first-order chi connectivity index (χ1) is 9.19. The average Bonchev–Trinajstić information content (AvgIpc) is 2.43. The molecule has 2 nitrogen and oxygen atoms in total. The summed E-state index contributed by atoms with van der Waals surface area (Å²) >= 11 is 0. The fourth-order valence-electron chi connectivity index (χ4n) is 2.01. The third-order valence-corrected chi connectivity index (χ3v) is 3.30. The average molecular weight is 255 g/mol. The van der Waals surface area contributed by atoms with Gasteiger partial charge in [0.25, 0.3) is 0 Å². The van der Waals surface area contributed by atoms with Crippen molar-refractivity contribution in [3.63, 3.8) is 0 Å². The summed E-state index contributed by atoms with van der Waals surface area (Å²) in [6, 6.07) is 16.3. The number of hydrogen-bond acceptors (Lipinski definition) is 2. The highest BCUT2D eigenvalue weighted by Gasteiger charge is 2.06. The van der Waals surface area contributed by atoms with Gasteiger partial charge in [0.2, 0.25) is 0 Å². The summed E-state index contributed by atoms with van der Waals surface area (Å²) in [5, 5.41) is 0. The molecule has 1 unspecified atom stereocenters. The van der Waals surface area contributed by atoms with E-state index in [0.29, 0.717) is 0 Å². The molecule has 2 heteroatoms. The van der Waals surface area contributed by atoms with Crippen LogP contribution in [-0.4, -0.2) is 6.04 Å². The minimum absolute atomic E-state index is 0.236. The van der Waals surface area contributed by atoms with Crippen LogP contribution in [-0.2, 0) is 6.42 Å². The molecule has 0 aliphatic carbocycles. The van der Waals surface area contributed by atoms with E-state index in [9.17, 15) is 0 Å². The molecule has 2 N–H and O–H groups in total. The topological polar surface area (TPSA) is 35.2 Å². The molecule has 0 bridgehead atoms. The molecule has 0 aliphatic rings. The monoisotopic (exact) mass is 255 g/mol. The molecule has 2 aromatic rings. The van der Waals surface area contributed by atoms with E-state index < -0.39 is 0 Å². The Bertz CT molecular complexity index is 522. The molecular formula is C17H21NO. The fraction of sp³-hybridized carbons (Fsp3) is 0.294. The highest BCUT2D eigenvalue weighted by Crippen LogP contribution is 2.24. The molecule has 0 saturated heterocycles. The highest BCUT2D eigenvalue weighted by atomic mass is 16.5. The van der Waals surface area contributed by atoms with Crippen LogP contribution in [0.5, 0.6) is 11.5 Å². The first-order valence-electron chi connectivity index (χ1n) is 6.77. The molecule has 2 rings (SSSR count). The molecular weight excluding hydrogens is 234 g/mol. The zero-order valence-corrected chi connectivity index (χ0v) is 11.6. The summed E-state index contributed by atoms with van der Waals surface area (Å²) < 4.78 is 5.81. The van der Waals surface area contributed by atoms with E-state index in [0.717, 1.165) is 24.3 Å². The molecule has 2 aromatic carbocycles. The number of para-hydroxylation sites is 1. The van der Waals surface area contributed by atoms with Gasteiger partial charge in [0.15, 0.2) is 0 Å². The van der Waals surface area contributed by atoms with Crippen molar-refractivity contribution in [2.75, 3.05) is 0 Å². The van der Waals surface area contributed by atoms with Gasteiger partial charge in [-0.15, -0.1) is 0 Å². The number of ether oxygens (including phenoxy) is 1. The van der Waals surface area contributed by atoms with Crippen LogP contribution in [0.3, 0.4) is 0 Å². The minimum atomic E-state index is 0.236. The lowest BCUT2D eigenvalue weighted by molar-refractivity contribution is 0.482. The molecule has 0 heterocycles. The SMILES string of the molecule is CCC(N)Cc1ccc(Oc2ccccc2)cc1C. The van der Waals surface area contributed by atoms with Gasteiger partial charge in [0.05, 0.1) is 0 Å². The van der Waals surface area contributed by atoms with Crippen LogP contribution in [0.25, 0.3) is 0 Å². The standard InChI is InChI=1S/C17H21NO/c1-3-15(18)12-14-9-10-17(11-13(14)2)19-16-7-5-4-6-8-16/h4-11,15H,3,12,18H2,1-2H3. The second-order valence-corrected chi connectivity index (χ2v) is 4.88. The van der Waals surface area contributed by atoms with E-state index in [1.165, 1.54) is 11.1 Å². The summed E-state index contributed by atoms with van der Waals surface area (Å²) in [6.45, 7) is 4.22. The quantitative estimate of drug-likeness (QED) is 0.874. The van der Waals surface area contributed by atoms with Gasteiger partial charge in [-0.25, -0.2) is 0 Å². The molecule has 0 amide bonds. The van der Waals surface area contributed by atoms with Crippen molar-refractivity contribution in [2.24, 2.45) is 5.73 Å². The molecule has 1 atom stereocenters. The third kappa shape index (κ3) is 3.83. The van der Waals surface area contributed by atoms with Crippen molar-refractivity contribution in [1.29, 1.82) is 0 Å². The van der Waals surface area contributed by atoms with Gasteiger partial charge < -0.3 is 10.5 Å². The summed E-state index contributed by atoms with van der Waals surface area (Å²) in [6.07, 6.45) is 1.93. The first-order valence-corrected chi connectivity index (χ1v) is 6.77. The number of rotatable bonds is 5. The maximum absolute atomic E-state index is 6.00. The van der Waals surface area contributed by atoms with Crippen molar-refractivity contribution in [1.82, 2.24) is 0 Å². The van der Waals surface area contributed by atoms with Crippen molar-refractivity contribution in [3.05, 3.63) is 59.7 Å². The second-order valence-electron chi connectivity index (χ2n) is 4.88. The number of aryl methyl sites for hydroxylation is 1. The summed E-state index contributed by atoms with van der Waals surface area (Å²) in [5.74, 6) is 1.73. The van der Waals surface area contributed by atoms with Gasteiger partial charge in [-0.3, -0.25) is 0 Å². The van der Waals surface area contributed by atoms with Gasteiger partial charge in [-0.05, 0) is 55.2 Å². The maximum atomic E-state index is 6.00. The van der Waals surface area contributed by atoms with Gasteiger partial charge in [-0.1, -0.05) is 31.2 Å². The number of nitrogens with two attached hydrogens (primary N) is 1. The van der Waals surface area contributed by atoms with Gasteiger partial charge >= 0.3 is 0 Å². The first kappa shape index (κ1) is 13.6. The van der Waals surface area contributed by atoms with Crippen LogP contribution in [0.2, 0.25) is 0 Å². The zero-order chi connectivity index (χ0) is 13.7. The Kier molecular flexibility index (Phi) is 4.58. The van der Waals surface area contributed by atoms with Crippen molar-refractivity contribution < 1.29 is 4.74 Å². The van der Waals surface area contributed by atoms with Crippen molar-refractivity contribution in [3.8, 4) is 11.5 Å². The molecule has 0 fully saturated rings. The second kappa shape index (κ2) is 6.39. The van der Waals surface area contributed by atoms with Gasteiger partial charge in [0, 0.05) is 6.04 Å². The van der Waals surface area contributed by atoms with Crippen LogP contribution in [0.4, 0.5) is 0 Å². The smallest absolute Gasteiger partial charge is 0.127 e. The van der Waals surface area contributed by atoms with E-state index in [2.05, 4.69) is 26.0 Å². The third-order valence-electron chi connectivity index (χ3n) is 3.30. The Morgan fingerprint density at radius 3 is 2.42 bits per heavy atom. The van der Waals surface area contributed by atoms with E-state index >= 15 is 0 Å². The highest BCUT2D eigenvalue weighted by molar-refractivity contribution is 5.38. The number of benzene rings is 2. The van der Waals surface area contributed by atoms with Crippen LogP contribution < -0.4 is 10.5 Å². The van der Waals surface area contributed by atoms with Gasteiger partial charge in [-0.2, -0.15) is 0 Å². The Balaban J connectivity index is 2.10. The predicted octanol–water partition coefficient (Wildman–Crippen LogP) is 4.07. The van der Waals surface area contributed by atoms with Crippen molar-refractivity contribution in [2.45, 2.75) is 32.7 Å². The number of hydrogen-bond donors (Lipinski definition) is 1. The summed E-state index contributed by atoms with van der Waals surface area (Å²) in [4.78, 5) is 0. The normalized spacial score (nSPS) is 12.2. The Morgan fingerprint density at radius 2 is 1.79 bits per heavy atom. The van der Waals surface area contributed by atoms with Crippen LogP contribution in [0.1, 0.15) is 24.5 Å². The Morgan fingerprint density at radius 1 is 1.05 bits per heavy atom. The molecule has 0 aliphatic heterocycles. The summed E-state index contributed by atoms with van der Waals surface area (Å²) in [7, 11) is 0. The molecule has 100 valence electrons. The predicted molar refractivity (Wildman–Crippen MR) is 79.7 cm³/mol. The van der Waals surface area contributed by atoms with E-state index in [1.54, 1.807) is 0 Å². The largest absolute Gasteiger partial charge is 0.457 e. The molecule has 0 radical (unpaired) electrons. The van der Waals surface area contributed by atoms with Crippen molar-refractivity contribution >= 4 is 0 Å². The Hall–Kier alpha value is -1.80. The minimum Gasteiger partial charge on any atom is -0.457 e. The molecule has 0 aromatic heterocycles. The lowest BCUT2D eigenvalue weighted by atomic mass is 10.00. The van der Waals surface area contributed by atoms with E-state index in [4.69, 9.17) is 10.5 Å². The maximum Gasteiger partial charge on any atom is 0.127 e. The summed E-state index contributed by atoms with van der Waals surface area (Å²) in [5.41, 5.74) is 8.54. The fourth-order valence-corrected chi connectivity index (χ4v) is 2.01. The van der Waals surface area contributed by atoms with E-state index in [1.807, 2.05) is 36.4 Å². The lowest BCUT2D eigenvalue weighted by Crippen LogP contribution is -2.21. The van der Waals surface area contributed by atoms with Gasteiger partial charge in [0.1, 0.15) is 11.5 Å². The van der Waals surface area contributed by atoms with Crippen LogP contribution in [0, 0.1) is 6.92 Å². The Labute approximate surface area is 115 Å². The van der Waals surface area contributed by atoms with Crippen LogP contribution >= 0.6 is 0 Å². The zero-order valence-electron chi connectivity index (χ0n) is 11.6. The molecule has 0 spiro atoms. The molecule has 19 heavy (non-hydrogen) atoms. The van der Waals surface area contributed by atoms with Crippen LogP contribution in [0.15, 0.2) is 48.5 Å².